The van der Waals surface area contributed by atoms with Crippen LogP contribution in [0.3, 0.4) is 0 Å². The van der Waals surface area contributed by atoms with E-state index >= 15 is 0 Å². The number of quaternary nitrogens is 1. The summed E-state index contributed by atoms with van der Waals surface area (Å²) in [5.41, 5.74) is 0. The third kappa shape index (κ3) is 29.7. The van der Waals surface area contributed by atoms with Crippen LogP contribution in [0.25, 0.3) is 0 Å². The van der Waals surface area contributed by atoms with Crippen molar-refractivity contribution in [3.8, 4) is 0 Å². The SMILES string of the molecule is CCC/C=C\C/C=C\CCCCCCCC(=O)OC(COCCC(C(=O)O)[N+](C)(C)C)COC(=O)CCCCCCCCCCCC. The molecule has 0 aromatic carbocycles. The molecule has 8 heteroatoms. The van der Waals surface area contributed by atoms with E-state index in [9.17, 15) is 19.5 Å². The Balaban J connectivity index is 4.45. The first-order valence-electron chi connectivity index (χ1n) is 18.9. The number of hydrogen-bond donors (Lipinski definition) is 1. The van der Waals surface area contributed by atoms with Crippen LogP contribution in [-0.2, 0) is 28.6 Å². The molecule has 8 nitrogen and oxygen atoms in total. The van der Waals surface area contributed by atoms with Crippen LogP contribution in [0.1, 0.15) is 155 Å². The molecular formula is C39H72NO7+. The molecule has 0 aromatic heterocycles. The number of rotatable bonds is 33. The second-order valence-electron chi connectivity index (χ2n) is 13.8. The summed E-state index contributed by atoms with van der Waals surface area (Å²) in [6.07, 6.45) is 30.7. The second-order valence-corrected chi connectivity index (χ2v) is 13.8. The van der Waals surface area contributed by atoms with Gasteiger partial charge < -0.3 is 23.8 Å². The van der Waals surface area contributed by atoms with Crippen LogP contribution in [-0.4, -0.2) is 80.6 Å². The number of hydrogen-bond acceptors (Lipinski definition) is 6. The van der Waals surface area contributed by atoms with Crippen LogP contribution in [0, 0.1) is 0 Å². The number of carbonyl (C=O) groups is 3. The van der Waals surface area contributed by atoms with Crippen LogP contribution in [0.4, 0.5) is 0 Å². The van der Waals surface area contributed by atoms with Crippen molar-refractivity contribution < 1.29 is 38.2 Å². The summed E-state index contributed by atoms with van der Waals surface area (Å²) in [5, 5.41) is 9.57. The van der Waals surface area contributed by atoms with Crippen LogP contribution in [0.15, 0.2) is 24.3 Å². The molecular weight excluding hydrogens is 594 g/mol. The lowest BCUT2D eigenvalue weighted by Crippen LogP contribution is -2.50. The predicted molar refractivity (Wildman–Crippen MR) is 192 cm³/mol. The Bertz CT molecular complexity index is 834. The minimum Gasteiger partial charge on any atom is -0.477 e. The third-order valence-corrected chi connectivity index (χ3v) is 8.33. The van der Waals surface area contributed by atoms with E-state index in [1.54, 1.807) is 0 Å². The topological polar surface area (TPSA) is 99.1 Å². The summed E-state index contributed by atoms with van der Waals surface area (Å²) in [5.74, 6) is -1.49. The van der Waals surface area contributed by atoms with E-state index in [0.29, 0.717) is 19.3 Å². The van der Waals surface area contributed by atoms with Gasteiger partial charge in [-0.15, -0.1) is 0 Å². The van der Waals surface area contributed by atoms with E-state index in [1.165, 1.54) is 51.4 Å². The molecule has 1 N–H and O–H groups in total. The van der Waals surface area contributed by atoms with Crippen LogP contribution in [0.5, 0.6) is 0 Å². The zero-order chi connectivity index (χ0) is 35.0. The molecule has 274 valence electrons. The first-order chi connectivity index (χ1) is 22.6. The van der Waals surface area contributed by atoms with Crippen molar-refractivity contribution in [3.63, 3.8) is 0 Å². The molecule has 0 heterocycles. The quantitative estimate of drug-likeness (QED) is 0.0322. The fourth-order valence-corrected chi connectivity index (χ4v) is 5.36. The Morgan fingerprint density at radius 3 is 1.72 bits per heavy atom. The van der Waals surface area contributed by atoms with Gasteiger partial charge in [-0.3, -0.25) is 9.59 Å². The molecule has 47 heavy (non-hydrogen) atoms. The van der Waals surface area contributed by atoms with Gasteiger partial charge in [0.25, 0.3) is 0 Å². The molecule has 0 rings (SSSR count). The molecule has 0 aliphatic carbocycles. The minimum atomic E-state index is -0.878. The number of aliphatic carboxylic acids is 1. The van der Waals surface area contributed by atoms with E-state index in [4.69, 9.17) is 14.2 Å². The van der Waals surface area contributed by atoms with Gasteiger partial charge in [0.2, 0.25) is 0 Å². The van der Waals surface area contributed by atoms with Crippen molar-refractivity contribution in [2.75, 3.05) is 41.0 Å². The summed E-state index contributed by atoms with van der Waals surface area (Å²) in [7, 11) is 5.51. The minimum absolute atomic E-state index is 0.0536. The number of nitrogens with zero attached hydrogens (tertiary/aromatic N) is 1. The molecule has 0 saturated heterocycles. The molecule has 2 atom stereocenters. The molecule has 0 saturated carbocycles. The van der Waals surface area contributed by atoms with Gasteiger partial charge in [-0.25, -0.2) is 4.79 Å². The van der Waals surface area contributed by atoms with Gasteiger partial charge >= 0.3 is 17.9 Å². The third-order valence-electron chi connectivity index (χ3n) is 8.33. The van der Waals surface area contributed by atoms with Crippen molar-refractivity contribution in [1.29, 1.82) is 0 Å². The van der Waals surface area contributed by atoms with Crippen LogP contribution >= 0.6 is 0 Å². The highest BCUT2D eigenvalue weighted by Gasteiger charge is 2.31. The zero-order valence-corrected chi connectivity index (χ0v) is 31.0. The number of carboxylic acids is 1. The molecule has 2 unspecified atom stereocenters. The number of likely N-dealkylation sites (N-methyl/N-ethyl adjacent to an activating group) is 1. The standard InChI is InChI=1S/C39H71NO7/c1-6-8-10-12-14-16-18-19-20-22-24-26-28-30-38(42)47-35(33-45-32-31-36(39(43)44)40(3,4)5)34-46-37(41)29-27-25-23-21-17-15-13-11-9-7-2/h10,12,16,18,35-36H,6-9,11,13-15,17,19-34H2,1-5H3/p+1/b12-10-,18-16-. The molecule has 0 aromatic rings. The Kier molecular flexibility index (Phi) is 29.7. The summed E-state index contributed by atoms with van der Waals surface area (Å²) in [4.78, 5) is 36.7. The number of carbonyl (C=O) groups excluding carboxylic acids is 2. The Morgan fingerprint density at radius 1 is 0.638 bits per heavy atom. The first-order valence-corrected chi connectivity index (χ1v) is 18.9. The van der Waals surface area contributed by atoms with E-state index in [1.807, 2.05) is 21.1 Å². The lowest BCUT2D eigenvalue weighted by atomic mass is 10.1. The number of ether oxygens (including phenoxy) is 3. The molecule has 0 aliphatic heterocycles. The lowest BCUT2D eigenvalue weighted by Gasteiger charge is -2.31. The maximum Gasteiger partial charge on any atom is 0.362 e. The van der Waals surface area contributed by atoms with Crippen molar-refractivity contribution in [3.05, 3.63) is 24.3 Å². The fraction of sp³-hybridized carbons (Fsp3) is 0.821. The zero-order valence-electron chi connectivity index (χ0n) is 31.0. The van der Waals surface area contributed by atoms with E-state index in [-0.39, 0.29) is 36.2 Å². The highest BCUT2D eigenvalue weighted by Crippen LogP contribution is 2.13. The summed E-state index contributed by atoms with van der Waals surface area (Å²) >= 11 is 0. The maximum absolute atomic E-state index is 12.6. The smallest absolute Gasteiger partial charge is 0.362 e. The van der Waals surface area contributed by atoms with Crippen LogP contribution < -0.4 is 0 Å². The predicted octanol–water partition coefficient (Wildman–Crippen LogP) is 9.35. The van der Waals surface area contributed by atoms with Gasteiger partial charge in [-0.2, -0.15) is 0 Å². The second kappa shape index (κ2) is 31.1. The summed E-state index contributed by atoms with van der Waals surface area (Å²) in [6, 6.07) is -0.612. The van der Waals surface area contributed by atoms with Crippen LogP contribution in [0.2, 0.25) is 0 Å². The molecule has 0 spiro atoms. The maximum atomic E-state index is 12.6. The van der Waals surface area contributed by atoms with Crippen molar-refractivity contribution in [2.24, 2.45) is 0 Å². The molecule has 0 aliphatic rings. The van der Waals surface area contributed by atoms with Gasteiger partial charge in [-0.05, 0) is 38.5 Å². The fourth-order valence-electron chi connectivity index (χ4n) is 5.36. The lowest BCUT2D eigenvalue weighted by molar-refractivity contribution is -0.887. The Hall–Kier alpha value is -2.19. The van der Waals surface area contributed by atoms with E-state index in [2.05, 4.69) is 38.2 Å². The van der Waals surface area contributed by atoms with Gasteiger partial charge in [0, 0.05) is 19.3 Å². The monoisotopic (exact) mass is 667 g/mol. The van der Waals surface area contributed by atoms with Crippen molar-refractivity contribution in [1.82, 2.24) is 0 Å². The van der Waals surface area contributed by atoms with E-state index in [0.717, 1.165) is 70.6 Å². The molecule has 0 fully saturated rings. The van der Waals surface area contributed by atoms with Gasteiger partial charge in [0.1, 0.15) is 6.61 Å². The normalized spacial score (nSPS) is 13.3. The van der Waals surface area contributed by atoms with Gasteiger partial charge in [0.15, 0.2) is 12.1 Å². The summed E-state index contributed by atoms with van der Waals surface area (Å²) in [6.45, 7) is 4.63. The molecule has 0 radical (unpaired) electrons. The Morgan fingerprint density at radius 2 is 1.17 bits per heavy atom. The molecule has 0 bridgehead atoms. The average Bonchev–Trinajstić information content (AvgIpc) is 3.01. The number of carboxylic acid groups (broad SMARTS) is 1. The Labute approximate surface area is 288 Å². The van der Waals surface area contributed by atoms with Crippen molar-refractivity contribution in [2.45, 2.75) is 167 Å². The first kappa shape index (κ1) is 44.8. The van der Waals surface area contributed by atoms with Gasteiger partial charge in [0.05, 0.1) is 34.4 Å². The largest absolute Gasteiger partial charge is 0.477 e. The highest BCUT2D eigenvalue weighted by atomic mass is 16.6. The number of unbranched alkanes of at least 4 members (excludes halogenated alkanes) is 15. The molecule has 0 amide bonds. The highest BCUT2D eigenvalue weighted by molar-refractivity contribution is 5.72. The average molecular weight is 667 g/mol. The van der Waals surface area contributed by atoms with Crippen molar-refractivity contribution >= 4 is 17.9 Å². The van der Waals surface area contributed by atoms with Gasteiger partial charge in [-0.1, -0.05) is 122 Å². The number of allylic oxidation sites excluding steroid dienone is 4. The van der Waals surface area contributed by atoms with E-state index < -0.39 is 18.1 Å². The number of esters is 2. The summed E-state index contributed by atoms with van der Waals surface area (Å²) < 4.78 is 17.2.